The van der Waals surface area contributed by atoms with E-state index in [1.54, 1.807) is 12.1 Å². The molecular weight excluding hydrogens is 434 g/mol. The molecule has 3 aromatic carbocycles. The van der Waals surface area contributed by atoms with Gasteiger partial charge in [-0.05, 0) is 95.9 Å². The van der Waals surface area contributed by atoms with Gasteiger partial charge in [-0.15, -0.1) is 11.6 Å². The fourth-order valence-electron chi connectivity index (χ4n) is 5.20. The first-order valence-corrected chi connectivity index (χ1v) is 12.8. The normalized spacial score (nSPS) is 18.4. The molecule has 0 saturated heterocycles. The topological polar surface area (TPSA) is 0 Å². The van der Waals surface area contributed by atoms with E-state index >= 15 is 0 Å². The number of hydrogen-bond acceptors (Lipinski definition) is 0. The maximum absolute atomic E-state index is 14.8. The summed E-state index contributed by atoms with van der Waals surface area (Å²) in [5, 5.41) is 0. The lowest BCUT2D eigenvalue weighted by molar-refractivity contribution is 0.308. The van der Waals surface area contributed by atoms with Gasteiger partial charge in [0.05, 0.1) is 0 Å². The number of halogens is 3. The molecule has 1 aliphatic carbocycles. The molecule has 33 heavy (non-hydrogen) atoms. The summed E-state index contributed by atoms with van der Waals surface area (Å²) in [7, 11) is 0. The molecule has 4 rings (SSSR count). The van der Waals surface area contributed by atoms with Gasteiger partial charge in [-0.3, -0.25) is 0 Å². The third kappa shape index (κ3) is 6.03. The second-order valence-corrected chi connectivity index (χ2v) is 9.76. The van der Waals surface area contributed by atoms with Gasteiger partial charge in [-0.1, -0.05) is 68.3 Å². The third-order valence-corrected chi connectivity index (χ3v) is 7.56. The van der Waals surface area contributed by atoms with E-state index in [9.17, 15) is 8.78 Å². The standard InChI is InChI=1S/C30H33ClF2/c1-2-3-21-4-8-23(9-5-21)27-16-14-25(29(32)18-27)12-13-26-15-17-28(19-30(26)33)24-10-6-22(20-31)7-11-24/h6-7,10-11,14-19,21,23H,2-5,8-9,12-13,20H2,1H3/t21-,23-. The van der Waals surface area contributed by atoms with Gasteiger partial charge in [0.15, 0.2) is 0 Å². The van der Waals surface area contributed by atoms with Gasteiger partial charge in [0.25, 0.3) is 0 Å². The maximum Gasteiger partial charge on any atom is 0.127 e. The molecule has 0 spiro atoms. The minimum Gasteiger partial charge on any atom is -0.207 e. The average Bonchev–Trinajstić information content (AvgIpc) is 2.84. The highest BCUT2D eigenvalue weighted by Gasteiger charge is 2.22. The Labute approximate surface area is 202 Å². The summed E-state index contributed by atoms with van der Waals surface area (Å²) in [5.41, 5.74) is 5.24. The Morgan fingerprint density at radius 2 is 1.36 bits per heavy atom. The zero-order valence-corrected chi connectivity index (χ0v) is 20.2. The molecule has 0 nitrogen and oxygen atoms in total. The van der Waals surface area contributed by atoms with Crippen LogP contribution in [0.25, 0.3) is 11.1 Å². The van der Waals surface area contributed by atoms with E-state index in [1.165, 1.54) is 25.7 Å². The summed E-state index contributed by atoms with van der Waals surface area (Å²) >= 11 is 5.84. The number of hydrogen-bond donors (Lipinski definition) is 0. The summed E-state index contributed by atoms with van der Waals surface area (Å²) < 4.78 is 29.6. The smallest absolute Gasteiger partial charge is 0.127 e. The molecule has 0 amide bonds. The van der Waals surface area contributed by atoms with Crippen molar-refractivity contribution < 1.29 is 8.78 Å². The van der Waals surface area contributed by atoms with Gasteiger partial charge >= 0.3 is 0 Å². The van der Waals surface area contributed by atoms with E-state index in [4.69, 9.17) is 11.6 Å². The molecule has 174 valence electrons. The van der Waals surface area contributed by atoms with Crippen molar-refractivity contribution in [1.29, 1.82) is 0 Å². The Bertz CT molecular complexity index is 1050. The van der Waals surface area contributed by atoms with E-state index in [2.05, 4.69) is 13.0 Å². The van der Waals surface area contributed by atoms with Crippen LogP contribution in [-0.4, -0.2) is 0 Å². The van der Waals surface area contributed by atoms with Crippen LogP contribution in [0, 0.1) is 17.6 Å². The molecule has 3 heteroatoms. The first-order chi connectivity index (χ1) is 16.1. The zero-order valence-electron chi connectivity index (χ0n) is 19.4. The van der Waals surface area contributed by atoms with Crippen LogP contribution in [0.5, 0.6) is 0 Å². The SMILES string of the molecule is CCC[C@H]1CC[C@H](c2ccc(CCc3ccc(-c4ccc(CCl)cc4)cc3F)c(F)c2)CC1. The van der Waals surface area contributed by atoms with Crippen molar-refractivity contribution in [1.82, 2.24) is 0 Å². The molecule has 0 unspecified atom stereocenters. The number of benzene rings is 3. The lowest BCUT2D eigenvalue weighted by atomic mass is 9.77. The van der Waals surface area contributed by atoms with Crippen molar-refractivity contribution in [3.05, 3.63) is 94.6 Å². The van der Waals surface area contributed by atoms with Crippen LogP contribution in [0.3, 0.4) is 0 Å². The number of aryl methyl sites for hydroxylation is 2. The first kappa shape index (κ1) is 24.0. The van der Waals surface area contributed by atoms with Crippen molar-refractivity contribution in [2.75, 3.05) is 0 Å². The fourth-order valence-corrected chi connectivity index (χ4v) is 5.38. The van der Waals surface area contributed by atoms with Crippen LogP contribution in [-0.2, 0) is 18.7 Å². The largest absolute Gasteiger partial charge is 0.207 e. The van der Waals surface area contributed by atoms with E-state index in [1.807, 2.05) is 42.5 Å². The zero-order chi connectivity index (χ0) is 23.2. The second kappa shape index (κ2) is 11.3. The lowest BCUT2D eigenvalue weighted by Crippen LogP contribution is -2.13. The molecule has 1 aliphatic rings. The van der Waals surface area contributed by atoms with Gasteiger partial charge in [-0.2, -0.15) is 0 Å². The van der Waals surface area contributed by atoms with Crippen molar-refractivity contribution in [3.63, 3.8) is 0 Å². The van der Waals surface area contributed by atoms with E-state index in [0.717, 1.165) is 41.0 Å². The number of alkyl halides is 1. The van der Waals surface area contributed by atoms with Crippen LogP contribution in [0.1, 0.15) is 73.6 Å². The summed E-state index contributed by atoms with van der Waals surface area (Å²) in [6.07, 6.45) is 8.39. The molecule has 0 aromatic heterocycles. The Kier molecular flexibility index (Phi) is 8.20. The van der Waals surface area contributed by atoms with Crippen LogP contribution in [0.2, 0.25) is 0 Å². The maximum atomic E-state index is 14.8. The summed E-state index contributed by atoms with van der Waals surface area (Å²) in [6.45, 7) is 2.25. The summed E-state index contributed by atoms with van der Waals surface area (Å²) in [6, 6.07) is 18.9. The molecular formula is C30H33ClF2. The third-order valence-electron chi connectivity index (χ3n) is 7.25. The molecule has 1 fully saturated rings. The van der Waals surface area contributed by atoms with Gasteiger partial charge in [0, 0.05) is 5.88 Å². The quantitative estimate of drug-likeness (QED) is 0.290. The van der Waals surface area contributed by atoms with Crippen molar-refractivity contribution in [2.45, 2.75) is 70.1 Å². The summed E-state index contributed by atoms with van der Waals surface area (Å²) in [5.74, 6) is 1.40. The fraction of sp³-hybridized carbons (Fsp3) is 0.400. The van der Waals surface area contributed by atoms with Crippen LogP contribution in [0.4, 0.5) is 8.78 Å². The van der Waals surface area contributed by atoms with Gasteiger partial charge in [-0.25, -0.2) is 8.78 Å². The molecule has 0 heterocycles. The monoisotopic (exact) mass is 466 g/mol. The van der Waals surface area contributed by atoms with Gasteiger partial charge in [0.1, 0.15) is 11.6 Å². The van der Waals surface area contributed by atoms with Gasteiger partial charge < -0.3 is 0 Å². The second-order valence-electron chi connectivity index (χ2n) is 9.49. The minimum absolute atomic E-state index is 0.153. The van der Waals surface area contributed by atoms with Crippen LogP contribution in [0.15, 0.2) is 60.7 Å². The Balaban J connectivity index is 1.37. The van der Waals surface area contributed by atoms with E-state index in [0.29, 0.717) is 35.8 Å². The van der Waals surface area contributed by atoms with Crippen LogP contribution < -0.4 is 0 Å². The summed E-state index contributed by atoms with van der Waals surface area (Å²) in [4.78, 5) is 0. The highest BCUT2D eigenvalue weighted by molar-refractivity contribution is 6.17. The number of rotatable bonds is 8. The Morgan fingerprint density at radius 3 is 1.94 bits per heavy atom. The molecule has 0 bridgehead atoms. The molecule has 0 atom stereocenters. The molecule has 0 aliphatic heterocycles. The molecule has 0 N–H and O–H groups in total. The van der Waals surface area contributed by atoms with Crippen LogP contribution >= 0.6 is 11.6 Å². The highest BCUT2D eigenvalue weighted by atomic mass is 35.5. The highest BCUT2D eigenvalue weighted by Crippen LogP contribution is 2.38. The minimum atomic E-state index is -0.241. The van der Waals surface area contributed by atoms with Crippen molar-refractivity contribution in [2.24, 2.45) is 5.92 Å². The molecule has 0 radical (unpaired) electrons. The van der Waals surface area contributed by atoms with Gasteiger partial charge in [0.2, 0.25) is 0 Å². The Morgan fingerprint density at radius 1 is 0.758 bits per heavy atom. The van der Waals surface area contributed by atoms with E-state index < -0.39 is 0 Å². The lowest BCUT2D eigenvalue weighted by Gasteiger charge is -2.28. The van der Waals surface area contributed by atoms with E-state index in [-0.39, 0.29) is 11.6 Å². The average molecular weight is 467 g/mol. The Hall–Kier alpha value is -2.19. The predicted octanol–water partition coefficient (Wildman–Crippen LogP) is 9.23. The van der Waals surface area contributed by atoms with Crippen molar-refractivity contribution >= 4 is 11.6 Å². The first-order valence-electron chi connectivity index (χ1n) is 12.3. The molecule has 1 saturated carbocycles. The molecule has 3 aromatic rings. The van der Waals surface area contributed by atoms with Crippen molar-refractivity contribution in [3.8, 4) is 11.1 Å². The predicted molar refractivity (Wildman–Crippen MR) is 135 cm³/mol.